The molecule has 2 aromatic rings. The molecule has 0 amide bonds. The average Bonchev–Trinajstić information content (AvgIpc) is 2.57. The van der Waals surface area contributed by atoms with E-state index in [1.54, 1.807) is 12.1 Å². The summed E-state index contributed by atoms with van der Waals surface area (Å²) in [4.78, 5) is 0. The lowest BCUT2D eigenvalue weighted by molar-refractivity contribution is 0.174. The van der Waals surface area contributed by atoms with Gasteiger partial charge in [-0.2, -0.15) is 0 Å². The Balaban J connectivity index is 2.28. The Morgan fingerprint density at radius 2 is 1.95 bits per heavy atom. The fraction of sp³-hybridized carbons (Fsp3) is 0.333. The first-order chi connectivity index (χ1) is 8.90. The Labute approximate surface area is 120 Å². The fourth-order valence-corrected chi connectivity index (χ4v) is 2.63. The number of aliphatic hydroxyl groups excluding tert-OH is 1. The third-order valence-corrected chi connectivity index (χ3v) is 3.87. The zero-order valence-electron chi connectivity index (χ0n) is 11.1. The topological polar surface area (TPSA) is 33.4 Å². The summed E-state index contributed by atoms with van der Waals surface area (Å²) in [6.45, 7) is 5.58. The van der Waals surface area contributed by atoms with Crippen LogP contribution in [0.5, 0.6) is 0 Å². The molecular formula is C15H16BrFO2. The number of hydrogen-bond donors (Lipinski definition) is 1. The van der Waals surface area contributed by atoms with Crippen LogP contribution < -0.4 is 0 Å². The molecule has 1 unspecified atom stereocenters. The van der Waals surface area contributed by atoms with Crippen LogP contribution in [-0.2, 0) is 6.42 Å². The van der Waals surface area contributed by atoms with Crippen LogP contribution >= 0.6 is 15.9 Å². The molecule has 0 radical (unpaired) electrons. The van der Waals surface area contributed by atoms with Crippen molar-refractivity contribution in [3.05, 3.63) is 56.7 Å². The zero-order chi connectivity index (χ0) is 14.2. The maximum absolute atomic E-state index is 13.8. The monoisotopic (exact) mass is 326 g/mol. The first-order valence-electron chi connectivity index (χ1n) is 6.08. The van der Waals surface area contributed by atoms with Crippen molar-refractivity contribution >= 4 is 15.9 Å². The van der Waals surface area contributed by atoms with Crippen molar-refractivity contribution < 1.29 is 13.9 Å². The Morgan fingerprint density at radius 3 is 2.47 bits per heavy atom. The molecule has 0 saturated heterocycles. The largest absolute Gasteiger partial charge is 0.466 e. The summed E-state index contributed by atoms with van der Waals surface area (Å²) in [7, 11) is 0. The number of rotatable bonds is 3. The van der Waals surface area contributed by atoms with Gasteiger partial charge < -0.3 is 9.52 Å². The molecule has 0 spiro atoms. The molecule has 102 valence electrons. The Morgan fingerprint density at radius 1 is 1.26 bits per heavy atom. The van der Waals surface area contributed by atoms with Gasteiger partial charge in [-0.3, -0.25) is 0 Å². The van der Waals surface area contributed by atoms with Crippen LogP contribution in [0.25, 0.3) is 0 Å². The molecule has 19 heavy (non-hydrogen) atoms. The van der Waals surface area contributed by atoms with Crippen LogP contribution in [0.1, 0.15) is 34.3 Å². The molecular weight excluding hydrogens is 311 g/mol. The van der Waals surface area contributed by atoms with Crippen LogP contribution in [-0.4, -0.2) is 5.11 Å². The van der Waals surface area contributed by atoms with Crippen LogP contribution in [0, 0.1) is 26.6 Å². The number of aliphatic hydroxyl groups is 1. The second-order valence-corrected chi connectivity index (χ2v) is 5.62. The van der Waals surface area contributed by atoms with Gasteiger partial charge in [0, 0.05) is 16.5 Å². The highest BCUT2D eigenvalue weighted by Gasteiger charge is 2.20. The van der Waals surface area contributed by atoms with Crippen molar-refractivity contribution in [2.75, 3.05) is 0 Å². The van der Waals surface area contributed by atoms with Crippen molar-refractivity contribution in [2.45, 2.75) is 33.3 Å². The summed E-state index contributed by atoms with van der Waals surface area (Å²) in [5.74, 6) is 1.17. The van der Waals surface area contributed by atoms with E-state index in [1.165, 1.54) is 6.07 Å². The SMILES string of the molecule is Cc1oc(C)c(C(O)Cc2ccc(Br)cc2F)c1C. The molecule has 1 aromatic carbocycles. The Bertz CT molecular complexity index is 604. The van der Waals surface area contributed by atoms with E-state index in [4.69, 9.17) is 4.42 Å². The van der Waals surface area contributed by atoms with E-state index in [0.29, 0.717) is 15.8 Å². The van der Waals surface area contributed by atoms with Crippen molar-refractivity contribution in [2.24, 2.45) is 0 Å². The third-order valence-electron chi connectivity index (χ3n) is 3.38. The van der Waals surface area contributed by atoms with E-state index >= 15 is 0 Å². The minimum atomic E-state index is -0.756. The van der Waals surface area contributed by atoms with Crippen molar-refractivity contribution in [3.63, 3.8) is 0 Å². The molecule has 2 rings (SSSR count). The van der Waals surface area contributed by atoms with Gasteiger partial charge >= 0.3 is 0 Å². The van der Waals surface area contributed by atoms with Crippen LogP contribution in [0.15, 0.2) is 27.1 Å². The number of halogens is 2. The highest BCUT2D eigenvalue weighted by molar-refractivity contribution is 9.10. The first kappa shape index (κ1) is 14.3. The van der Waals surface area contributed by atoms with Gasteiger partial charge in [0.05, 0.1) is 6.10 Å². The number of hydrogen-bond acceptors (Lipinski definition) is 2. The highest BCUT2D eigenvalue weighted by atomic mass is 79.9. The molecule has 1 N–H and O–H groups in total. The predicted octanol–water partition coefficient (Wildman–Crippen LogP) is 4.38. The lowest BCUT2D eigenvalue weighted by Crippen LogP contribution is -2.05. The summed E-state index contributed by atoms with van der Waals surface area (Å²) in [5, 5.41) is 10.3. The number of aryl methyl sites for hydroxylation is 2. The molecule has 0 aliphatic carbocycles. The normalized spacial score (nSPS) is 12.7. The summed E-state index contributed by atoms with van der Waals surface area (Å²) < 4.78 is 20.0. The number of benzene rings is 1. The smallest absolute Gasteiger partial charge is 0.127 e. The molecule has 0 aliphatic heterocycles. The zero-order valence-corrected chi connectivity index (χ0v) is 12.7. The Hall–Kier alpha value is -1.13. The third kappa shape index (κ3) is 2.90. The lowest BCUT2D eigenvalue weighted by atomic mass is 9.98. The van der Waals surface area contributed by atoms with E-state index in [1.807, 2.05) is 20.8 Å². The molecule has 2 nitrogen and oxygen atoms in total. The van der Waals surface area contributed by atoms with Gasteiger partial charge in [0.1, 0.15) is 17.3 Å². The second kappa shape index (κ2) is 5.47. The maximum Gasteiger partial charge on any atom is 0.127 e. The summed E-state index contributed by atoms with van der Waals surface area (Å²) >= 11 is 3.22. The van der Waals surface area contributed by atoms with Crippen LogP contribution in [0.4, 0.5) is 4.39 Å². The highest BCUT2D eigenvalue weighted by Crippen LogP contribution is 2.30. The maximum atomic E-state index is 13.8. The van der Waals surface area contributed by atoms with Crippen molar-refractivity contribution in [3.8, 4) is 0 Å². The van der Waals surface area contributed by atoms with Crippen LogP contribution in [0.3, 0.4) is 0 Å². The van der Waals surface area contributed by atoms with Gasteiger partial charge in [-0.1, -0.05) is 22.0 Å². The molecule has 1 atom stereocenters. The van der Waals surface area contributed by atoms with Crippen molar-refractivity contribution in [1.29, 1.82) is 0 Å². The molecule has 0 saturated carbocycles. The van der Waals surface area contributed by atoms with E-state index in [-0.39, 0.29) is 12.2 Å². The van der Waals surface area contributed by atoms with Gasteiger partial charge in [-0.25, -0.2) is 4.39 Å². The van der Waals surface area contributed by atoms with Crippen molar-refractivity contribution in [1.82, 2.24) is 0 Å². The van der Waals surface area contributed by atoms with Crippen LogP contribution in [0.2, 0.25) is 0 Å². The predicted molar refractivity (Wildman–Crippen MR) is 75.7 cm³/mol. The van der Waals surface area contributed by atoms with E-state index in [9.17, 15) is 9.50 Å². The molecule has 1 aromatic heterocycles. The lowest BCUT2D eigenvalue weighted by Gasteiger charge is -2.12. The van der Waals surface area contributed by atoms with Gasteiger partial charge in [-0.05, 0) is 44.0 Å². The molecule has 4 heteroatoms. The molecule has 1 heterocycles. The minimum Gasteiger partial charge on any atom is -0.466 e. The summed E-state index contributed by atoms with van der Waals surface area (Å²) in [5.41, 5.74) is 2.19. The quantitative estimate of drug-likeness (QED) is 0.907. The second-order valence-electron chi connectivity index (χ2n) is 4.71. The Kier molecular flexibility index (Phi) is 4.11. The van der Waals surface area contributed by atoms with Gasteiger partial charge in [0.2, 0.25) is 0 Å². The van der Waals surface area contributed by atoms with Gasteiger partial charge in [-0.15, -0.1) is 0 Å². The molecule has 0 bridgehead atoms. The average molecular weight is 327 g/mol. The summed E-state index contributed by atoms with van der Waals surface area (Å²) in [6, 6.07) is 4.86. The summed E-state index contributed by atoms with van der Waals surface area (Å²) in [6.07, 6.45) is -0.520. The fourth-order valence-electron chi connectivity index (χ4n) is 2.30. The van der Waals surface area contributed by atoms with E-state index in [0.717, 1.165) is 16.9 Å². The molecule has 0 aliphatic rings. The van der Waals surface area contributed by atoms with Gasteiger partial charge in [0.15, 0.2) is 0 Å². The number of furan rings is 1. The van der Waals surface area contributed by atoms with E-state index in [2.05, 4.69) is 15.9 Å². The minimum absolute atomic E-state index is 0.236. The van der Waals surface area contributed by atoms with Gasteiger partial charge in [0.25, 0.3) is 0 Å². The standard InChI is InChI=1S/C15H16BrFO2/c1-8-9(2)19-10(3)15(8)14(18)6-11-4-5-12(16)7-13(11)17/h4-5,7,14,18H,6H2,1-3H3. The molecule has 0 fully saturated rings. The first-order valence-corrected chi connectivity index (χ1v) is 6.88. The van der Waals surface area contributed by atoms with E-state index < -0.39 is 6.10 Å².